The Kier molecular flexibility index (Phi) is 8.39. The summed E-state index contributed by atoms with van der Waals surface area (Å²) in [4.78, 5) is 45.8. The largest absolute Gasteiger partial charge is 0.466 e. The van der Waals surface area contributed by atoms with Crippen LogP contribution >= 0.6 is 0 Å². The van der Waals surface area contributed by atoms with Crippen LogP contribution in [0, 0.1) is 17.8 Å². The molecule has 0 aromatic heterocycles. The topological polar surface area (TPSA) is 96.4 Å². The van der Waals surface area contributed by atoms with E-state index in [1.807, 2.05) is 25.7 Å². The number of aliphatic hydroxyl groups is 1. The van der Waals surface area contributed by atoms with Gasteiger partial charge in [-0.1, -0.05) is 46.1 Å². The third-order valence-electron chi connectivity index (χ3n) is 9.37. The first-order chi connectivity index (χ1) is 17.7. The zero-order chi connectivity index (χ0) is 27.0. The molecule has 2 amide bonds. The summed E-state index contributed by atoms with van der Waals surface area (Å²) in [6, 6.07) is -1.32. The normalized spacial score (nSPS) is 34.1. The molecule has 4 aliphatic rings. The Labute approximate surface area is 221 Å². The van der Waals surface area contributed by atoms with E-state index in [2.05, 4.69) is 6.58 Å². The van der Waals surface area contributed by atoms with Crippen LogP contribution in [0.3, 0.4) is 0 Å². The number of carbonyl (C=O) groups excluding carboxylic acids is 3. The fraction of sp³-hybridized carbons (Fsp3) is 0.828. The first kappa shape index (κ1) is 28.1. The Bertz CT molecular complexity index is 886. The van der Waals surface area contributed by atoms with Gasteiger partial charge in [0.15, 0.2) is 0 Å². The summed E-state index contributed by atoms with van der Waals surface area (Å²) in [5.74, 6) is -2.14. The summed E-state index contributed by atoms with van der Waals surface area (Å²) < 4.78 is 12.3. The van der Waals surface area contributed by atoms with E-state index < -0.39 is 41.1 Å². The lowest BCUT2D eigenvalue weighted by atomic mass is 9.65. The number of rotatable bonds is 11. The SMILES string of the molecule is C=CCN(C(=O)C1N([C@@H](CO)CC(C)C)C(=O)[C@@H]2[C@@H](C(=O)OCC)[C@@]3(CC)CCC12O3)C1CCCCC1. The van der Waals surface area contributed by atoms with Crippen molar-refractivity contribution in [2.75, 3.05) is 19.8 Å². The van der Waals surface area contributed by atoms with E-state index in [1.54, 1.807) is 17.9 Å². The molecule has 0 aromatic carbocycles. The summed E-state index contributed by atoms with van der Waals surface area (Å²) in [6.45, 7) is 12.1. The molecule has 6 atom stereocenters. The lowest BCUT2D eigenvalue weighted by molar-refractivity contribution is -0.164. The molecule has 0 radical (unpaired) electrons. The first-order valence-corrected chi connectivity index (χ1v) is 14.4. The Morgan fingerprint density at radius 3 is 2.51 bits per heavy atom. The van der Waals surface area contributed by atoms with Crippen molar-refractivity contribution in [2.45, 2.75) is 115 Å². The monoisotopic (exact) mass is 518 g/mol. The molecule has 1 spiro atoms. The zero-order valence-electron chi connectivity index (χ0n) is 23.1. The number of ether oxygens (including phenoxy) is 2. The molecule has 2 bridgehead atoms. The van der Waals surface area contributed by atoms with Crippen molar-refractivity contribution in [3.8, 4) is 0 Å². The van der Waals surface area contributed by atoms with Crippen molar-refractivity contribution in [3.63, 3.8) is 0 Å². The molecule has 208 valence electrons. The summed E-state index contributed by atoms with van der Waals surface area (Å²) in [5, 5.41) is 10.5. The van der Waals surface area contributed by atoms with Crippen LogP contribution in [-0.4, -0.2) is 81.8 Å². The minimum atomic E-state index is -1.10. The van der Waals surface area contributed by atoms with E-state index in [9.17, 15) is 19.5 Å². The number of hydrogen-bond donors (Lipinski definition) is 1. The second kappa shape index (κ2) is 11.0. The van der Waals surface area contributed by atoms with Gasteiger partial charge in [0.2, 0.25) is 11.8 Å². The van der Waals surface area contributed by atoms with Gasteiger partial charge in [-0.2, -0.15) is 0 Å². The zero-order valence-corrected chi connectivity index (χ0v) is 23.1. The standard InChI is InChI=1S/C29H46N2O6/c1-6-16-30(20-12-10-9-11-13-20)26(34)24-29-15-14-28(7-2,37-29)23(27(35)36-8-3)22(29)25(33)31(24)21(18-32)17-19(4)5/h6,19-24,32H,1,7-18H2,2-5H3/t21-,22+,23+,24?,28-,29?/m1/s1. The predicted octanol–water partition coefficient (Wildman–Crippen LogP) is 3.46. The van der Waals surface area contributed by atoms with Gasteiger partial charge in [-0.3, -0.25) is 14.4 Å². The lowest BCUT2D eigenvalue weighted by Crippen LogP contribution is -2.60. The van der Waals surface area contributed by atoms with Crippen LogP contribution < -0.4 is 0 Å². The summed E-state index contributed by atoms with van der Waals surface area (Å²) in [7, 11) is 0. The van der Waals surface area contributed by atoms with Crippen LogP contribution in [0.4, 0.5) is 0 Å². The maximum absolute atomic E-state index is 14.6. The molecule has 3 saturated heterocycles. The molecule has 8 nitrogen and oxygen atoms in total. The quantitative estimate of drug-likeness (QED) is 0.332. The van der Waals surface area contributed by atoms with Crippen LogP contribution in [0.5, 0.6) is 0 Å². The molecule has 2 unspecified atom stereocenters. The molecule has 3 aliphatic heterocycles. The molecular weight excluding hydrogens is 472 g/mol. The van der Waals surface area contributed by atoms with Crippen molar-refractivity contribution in [2.24, 2.45) is 17.8 Å². The highest BCUT2D eigenvalue weighted by Crippen LogP contribution is 2.65. The molecule has 37 heavy (non-hydrogen) atoms. The van der Waals surface area contributed by atoms with Gasteiger partial charge in [0.05, 0.1) is 30.8 Å². The van der Waals surface area contributed by atoms with E-state index in [1.165, 1.54) is 0 Å². The van der Waals surface area contributed by atoms with Crippen LogP contribution in [0.15, 0.2) is 12.7 Å². The molecule has 4 rings (SSSR count). The molecule has 1 aliphatic carbocycles. The highest BCUT2D eigenvalue weighted by atomic mass is 16.6. The minimum absolute atomic E-state index is 0.0870. The molecule has 0 aromatic rings. The van der Waals surface area contributed by atoms with Crippen molar-refractivity contribution < 1.29 is 29.0 Å². The number of esters is 1. The van der Waals surface area contributed by atoms with Gasteiger partial charge < -0.3 is 24.4 Å². The number of carbonyl (C=O) groups is 3. The van der Waals surface area contributed by atoms with Crippen LogP contribution in [0.2, 0.25) is 0 Å². The number of hydrogen-bond acceptors (Lipinski definition) is 6. The maximum Gasteiger partial charge on any atom is 0.312 e. The fourth-order valence-electron chi connectivity index (χ4n) is 7.85. The number of likely N-dealkylation sites (tertiary alicyclic amines) is 1. The average Bonchev–Trinajstić information content (AvgIpc) is 3.49. The van der Waals surface area contributed by atoms with Gasteiger partial charge in [0.25, 0.3) is 0 Å². The Hall–Kier alpha value is -1.93. The average molecular weight is 519 g/mol. The Balaban J connectivity index is 1.82. The van der Waals surface area contributed by atoms with Gasteiger partial charge in [-0.05, 0) is 51.4 Å². The molecule has 1 saturated carbocycles. The number of amides is 2. The Morgan fingerprint density at radius 2 is 1.95 bits per heavy atom. The third kappa shape index (κ3) is 4.52. The van der Waals surface area contributed by atoms with Crippen LogP contribution in [-0.2, 0) is 23.9 Å². The van der Waals surface area contributed by atoms with E-state index in [4.69, 9.17) is 9.47 Å². The smallest absolute Gasteiger partial charge is 0.312 e. The molecule has 1 N–H and O–H groups in total. The van der Waals surface area contributed by atoms with E-state index in [0.29, 0.717) is 32.2 Å². The second-order valence-corrected chi connectivity index (χ2v) is 11.9. The molecule has 4 fully saturated rings. The van der Waals surface area contributed by atoms with Crippen molar-refractivity contribution in [1.29, 1.82) is 0 Å². The predicted molar refractivity (Wildman–Crippen MR) is 139 cm³/mol. The van der Waals surface area contributed by atoms with Crippen molar-refractivity contribution in [1.82, 2.24) is 9.80 Å². The van der Waals surface area contributed by atoms with E-state index in [0.717, 1.165) is 32.1 Å². The van der Waals surface area contributed by atoms with Gasteiger partial charge in [0, 0.05) is 12.6 Å². The number of aliphatic hydroxyl groups excluding tert-OH is 1. The van der Waals surface area contributed by atoms with Gasteiger partial charge in [-0.25, -0.2) is 0 Å². The van der Waals surface area contributed by atoms with Crippen LogP contribution in [0.1, 0.15) is 85.5 Å². The number of nitrogens with zero attached hydrogens (tertiary/aromatic N) is 2. The second-order valence-electron chi connectivity index (χ2n) is 11.9. The van der Waals surface area contributed by atoms with Gasteiger partial charge >= 0.3 is 5.97 Å². The third-order valence-corrected chi connectivity index (χ3v) is 9.37. The Morgan fingerprint density at radius 1 is 1.24 bits per heavy atom. The molecule has 3 heterocycles. The summed E-state index contributed by atoms with van der Waals surface area (Å²) in [5.41, 5.74) is -1.90. The minimum Gasteiger partial charge on any atom is -0.466 e. The van der Waals surface area contributed by atoms with Crippen LogP contribution in [0.25, 0.3) is 0 Å². The van der Waals surface area contributed by atoms with Crippen molar-refractivity contribution in [3.05, 3.63) is 12.7 Å². The van der Waals surface area contributed by atoms with Crippen molar-refractivity contribution >= 4 is 17.8 Å². The van der Waals surface area contributed by atoms with Gasteiger partial charge in [-0.15, -0.1) is 6.58 Å². The summed E-state index contributed by atoms with van der Waals surface area (Å²) in [6.07, 6.45) is 9.17. The summed E-state index contributed by atoms with van der Waals surface area (Å²) >= 11 is 0. The van der Waals surface area contributed by atoms with Gasteiger partial charge in [0.1, 0.15) is 17.6 Å². The fourth-order valence-corrected chi connectivity index (χ4v) is 7.85. The highest BCUT2D eigenvalue weighted by molar-refractivity contribution is 5.99. The highest BCUT2D eigenvalue weighted by Gasteiger charge is 2.79. The molecule has 8 heteroatoms. The molecular formula is C29H46N2O6. The first-order valence-electron chi connectivity index (χ1n) is 14.4. The van der Waals surface area contributed by atoms with E-state index >= 15 is 0 Å². The van der Waals surface area contributed by atoms with E-state index in [-0.39, 0.29) is 37.0 Å². The maximum atomic E-state index is 14.6. The lowest BCUT2D eigenvalue weighted by Gasteiger charge is -2.42. The number of fused-ring (bicyclic) bond motifs is 1.